The van der Waals surface area contributed by atoms with Gasteiger partial charge in [-0.15, -0.1) is 0 Å². The van der Waals surface area contributed by atoms with E-state index in [1.54, 1.807) is 7.11 Å². The molecular weight excluding hydrogens is 241 g/mol. The summed E-state index contributed by atoms with van der Waals surface area (Å²) < 4.78 is 44.0. The summed E-state index contributed by atoms with van der Waals surface area (Å²) >= 11 is 0. The molecule has 0 atom stereocenters. The molecule has 2 N–H and O–H groups in total. The van der Waals surface area contributed by atoms with Crippen LogP contribution in [0.2, 0.25) is 0 Å². The van der Waals surface area contributed by atoms with Crippen LogP contribution in [0.15, 0.2) is 0 Å². The second-order valence-corrected chi connectivity index (χ2v) is 3.20. The van der Waals surface area contributed by atoms with Crippen LogP contribution in [0.4, 0.5) is 18.0 Å². The zero-order chi connectivity index (χ0) is 13.1. The van der Waals surface area contributed by atoms with Crippen LogP contribution in [0.5, 0.6) is 0 Å². The molecule has 0 aliphatic heterocycles. The van der Waals surface area contributed by atoms with Crippen molar-refractivity contribution in [1.82, 2.24) is 10.6 Å². The van der Waals surface area contributed by atoms with Gasteiger partial charge in [-0.1, -0.05) is 0 Å². The second-order valence-electron chi connectivity index (χ2n) is 3.20. The van der Waals surface area contributed by atoms with Crippen molar-refractivity contribution >= 4 is 6.03 Å². The third-order valence-corrected chi connectivity index (χ3v) is 1.61. The molecule has 102 valence electrons. The summed E-state index contributed by atoms with van der Waals surface area (Å²) in [4.78, 5) is 11.0. The highest BCUT2D eigenvalue weighted by molar-refractivity contribution is 5.73. The van der Waals surface area contributed by atoms with Gasteiger partial charge in [0.25, 0.3) is 0 Å². The quantitative estimate of drug-likeness (QED) is 0.636. The van der Waals surface area contributed by atoms with Crippen LogP contribution < -0.4 is 10.6 Å². The summed E-state index contributed by atoms with van der Waals surface area (Å²) in [5.74, 6) is 0. The van der Waals surface area contributed by atoms with Crippen molar-refractivity contribution in [2.45, 2.75) is 12.6 Å². The first-order valence-corrected chi connectivity index (χ1v) is 5.11. The maximum Gasteiger partial charge on any atom is 0.411 e. The average molecular weight is 258 g/mol. The lowest BCUT2D eigenvalue weighted by Crippen LogP contribution is -2.38. The van der Waals surface area contributed by atoms with E-state index in [1.807, 2.05) is 0 Å². The third kappa shape index (κ3) is 12.9. The Kier molecular flexibility index (Phi) is 8.51. The average Bonchev–Trinajstić information content (AvgIpc) is 2.22. The van der Waals surface area contributed by atoms with E-state index >= 15 is 0 Å². The number of nitrogens with one attached hydrogen (secondary N) is 2. The Hall–Kier alpha value is -1.02. The molecule has 8 heteroatoms. The number of methoxy groups -OCH3 is 1. The van der Waals surface area contributed by atoms with Crippen molar-refractivity contribution in [1.29, 1.82) is 0 Å². The summed E-state index contributed by atoms with van der Waals surface area (Å²) in [5.41, 5.74) is 0. The fourth-order valence-corrected chi connectivity index (χ4v) is 0.906. The number of hydrogen-bond donors (Lipinski definition) is 2. The lowest BCUT2D eigenvalue weighted by atomic mass is 10.4. The molecule has 0 aromatic carbocycles. The molecule has 0 rings (SSSR count). The fourth-order valence-electron chi connectivity index (χ4n) is 0.906. The number of amides is 2. The maximum absolute atomic E-state index is 11.6. The van der Waals surface area contributed by atoms with Crippen molar-refractivity contribution in [2.75, 3.05) is 40.0 Å². The van der Waals surface area contributed by atoms with Gasteiger partial charge in [-0.25, -0.2) is 4.79 Å². The largest absolute Gasteiger partial charge is 0.411 e. The number of urea groups is 1. The van der Waals surface area contributed by atoms with Gasteiger partial charge < -0.3 is 20.1 Å². The fraction of sp³-hybridized carbons (Fsp3) is 0.889. The molecule has 0 aliphatic rings. The molecule has 0 bridgehead atoms. The van der Waals surface area contributed by atoms with E-state index in [9.17, 15) is 18.0 Å². The van der Waals surface area contributed by atoms with Crippen molar-refractivity contribution in [2.24, 2.45) is 0 Å². The molecule has 0 spiro atoms. The molecule has 0 heterocycles. The zero-order valence-corrected chi connectivity index (χ0v) is 9.60. The van der Waals surface area contributed by atoms with Crippen LogP contribution >= 0.6 is 0 Å². The maximum atomic E-state index is 11.6. The van der Waals surface area contributed by atoms with E-state index < -0.39 is 18.8 Å². The van der Waals surface area contributed by atoms with Gasteiger partial charge in [-0.2, -0.15) is 13.2 Å². The first kappa shape index (κ1) is 16.0. The molecule has 0 aliphatic carbocycles. The van der Waals surface area contributed by atoms with Gasteiger partial charge in [0.1, 0.15) is 6.61 Å². The summed E-state index contributed by atoms with van der Waals surface area (Å²) in [6, 6.07) is -0.434. The van der Waals surface area contributed by atoms with Gasteiger partial charge in [-0.3, -0.25) is 0 Å². The predicted molar refractivity (Wildman–Crippen MR) is 54.8 cm³/mol. The van der Waals surface area contributed by atoms with Crippen LogP contribution in [-0.2, 0) is 9.47 Å². The lowest BCUT2D eigenvalue weighted by Gasteiger charge is -2.09. The topological polar surface area (TPSA) is 59.6 Å². The minimum absolute atomic E-state index is 0.0339. The number of carbonyl (C=O) groups excluding carboxylic acids is 1. The first-order chi connectivity index (χ1) is 7.95. The number of ether oxygens (including phenoxy) is 2. The Balaban J connectivity index is 3.28. The van der Waals surface area contributed by atoms with E-state index in [0.717, 1.165) is 0 Å². The van der Waals surface area contributed by atoms with Crippen molar-refractivity contribution in [3.05, 3.63) is 0 Å². The van der Waals surface area contributed by atoms with Crippen LogP contribution in [0.25, 0.3) is 0 Å². The minimum Gasteiger partial charge on any atom is -0.385 e. The molecule has 0 saturated carbocycles. The van der Waals surface area contributed by atoms with E-state index in [4.69, 9.17) is 4.74 Å². The zero-order valence-electron chi connectivity index (χ0n) is 9.60. The number of hydrogen-bond acceptors (Lipinski definition) is 3. The summed E-state index contributed by atoms with van der Waals surface area (Å²) in [6.45, 7) is -0.459. The number of halogens is 3. The van der Waals surface area contributed by atoms with E-state index in [-0.39, 0.29) is 13.2 Å². The van der Waals surface area contributed by atoms with Gasteiger partial charge in [0.2, 0.25) is 0 Å². The predicted octanol–water partition coefficient (Wildman–Crippen LogP) is 0.901. The highest BCUT2D eigenvalue weighted by atomic mass is 19.4. The van der Waals surface area contributed by atoms with Crippen molar-refractivity contribution in [3.63, 3.8) is 0 Å². The highest BCUT2D eigenvalue weighted by Gasteiger charge is 2.27. The van der Waals surface area contributed by atoms with Gasteiger partial charge in [0.15, 0.2) is 0 Å². The molecular formula is C9H17F3N2O3. The molecule has 0 unspecified atom stereocenters. The first-order valence-electron chi connectivity index (χ1n) is 5.11. The van der Waals surface area contributed by atoms with Crippen LogP contribution in [0.3, 0.4) is 0 Å². The molecule has 17 heavy (non-hydrogen) atoms. The van der Waals surface area contributed by atoms with E-state index in [2.05, 4.69) is 15.4 Å². The van der Waals surface area contributed by atoms with Gasteiger partial charge in [-0.05, 0) is 6.42 Å². The third-order valence-electron chi connectivity index (χ3n) is 1.61. The highest BCUT2D eigenvalue weighted by Crippen LogP contribution is 2.13. The van der Waals surface area contributed by atoms with Gasteiger partial charge in [0.05, 0.1) is 6.61 Å². The van der Waals surface area contributed by atoms with Crippen molar-refractivity contribution in [3.8, 4) is 0 Å². The Morgan fingerprint density at radius 1 is 1.18 bits per heavy atom. The SMILES string of the molecule is COCCCNC(=O)NCCOCC(F)(F)F. The van der Waals surface area contributed by atoms with Crippen LogP contribution in [0.1, 0.15) is 6.42 Å². The number of carbonyl (C=O) groups is 1. The Bertz CT molecular complexity index is 212. The Morgan fingerprint density at radius 3 is 2.41 bits per heavy atom. The lowest BCUT2D eigenvalue weighted by molar-refractivity contribution is -0.173. The standard InChI is InChI=1S/C9H17F3N2O3/c1-16-5-2-3-13-8(15)14-4-6-17-7-9(10,11)12/h2-7H2,1H3,(H2,13,14,15). The van der Waals surface area contributed by atoms with Crippen molar-refractivity contribution < 1.29 is 27.4 Å². The molecule has 0 radical (unpaired) electrons. The molecule has 5 nitrogen and oxygen atoms in total. The summed E-state index contributed by atoms with van der Waals surface area (Å²) in [5, 5.41) is 4.88. The molecule has 0 saturated heterocycles. The van der Waals surface area contributed by atoms with Crippen LogP contribution in [-0.4, -0.2) is 52.2 Å². The Morgan fingerprint density at radius 2 is 1.82 bits per heavy atom. The molecule has 0 aromatic rings. The smallest absolute Gasteiger partial charge is 0.385 e. The monoisotopic (exact) mass is 258 g/mol. The normalized spacial score (nSPS) is 11.3. The van der Waals surface area contributed by atoms with Crippen LogP contribution in [0, 0.1) is 0 Å². The molecule has 2 amide bonds. The van der Waals surface area contributed by atoms with E-state index in [0.29, 0.717) is 19.6 Å². The Labute approximate surface area is 97.6 Å². The summed E-state index contributed by atoms with van der Waals surface area (Å²) in [7, 11) is 1.55. The summed E-state index contributed by atoms with van der Waals surface area (Å²) in [6.07, 6.45) is -3.66. The van der Waals surface area contributed by atoms with E-state index in [1.165, 1.54) is 0 Å². The number of alkyl halides is 3. The van der Waals surface area contributed by atoms with Gasteiger partial charge in [0, 0.05) is 26.8 Å². The minimum atomic E-state index is -4.33. The number of rotatable bonds is 8. The molecule has 0 fully saturated rings. The molecule has 0 aromatic heterocycles. The van der Waals surface area contributed by atoms with Gasteiger partial charge >= 0.3 is 12.2 Å². The second kappa shape index (κ2) is 9.06.